The molecule has 1 unspecified atom stereocenters. The summed E-state index contributed by atoms with van der Waals surface area (Å²) in [6.45, 7) is 4.99. The van der Waals surface area contributed by atoms with Crippen LogP contribution in [0.2, 0.25) is 5.02 Å². The summed E-state index contributed by atoms with van der Waals surface area (Å²) in [5.74, 6) is 1.66. The van der Waals surface area contributed by atoms with Crippen molar-refractivity contribution in [2.75, 3.05) is 13.7 Å². The van der Waals surface area contributed by atoms with Gasteiger partial charge in [0.25, 0.3) is 0 Å². The van der Waals surface area contributed by atoms with E-state index in [1.54, 1.807) is 13.4 Å². The molecule has 0 saturated carbocycles. The van der Waals surface area contributed by atoms with Crippen molar-refractivity contribution in [1.29, 1.82) is 0 Å². The van der Waals surface area contributed by atoms with E-state index in [9.17, 15) is 0 Å². The Morgan fingerprint density at radius 1 is 1.35 bits per heavy atom. The Balaban J connectivity index is 2.35. The number of methoxy groups -OCH3 is 1. The molecule has 2 aromatic rings. The van der Waals surface area contributed by atoms with E-state index in [2.05, 4.69) is 12.2 Å². The van der Waals surface area contributed by atoms with Gasteiger partial charge in [0.2, 0.25) is 0 Å². The van der Waals surface area contributed by atoms with Gasteiger partial charge in [-0.3, -0.25) is 0 Å². The van der Waals surface area contributed by atoms with Crippen LogP contribution in [0.15, 0.2) is 34.9 Å². The Morgan fingerprint density at radius 3 is 2.70 bits per heavy atom. The molecule has 1 aromatic carbocycles. The van der Waals surface area contributed by atoms with Gasteiger partial charge in [0, 0.05) is 10.6 Å². The predicted molar refractivity (Wildman–Crippen MR) is 81.6 cm³/mol. The molecule has 3 nitrogen and oxygen atoms in total. The molecular formula is C16H20ClNO2. The van der Waals surface area contributed by atoms with Crippen molar-refractivity contribution in [2.45, 2.75) is 26.3 Å². The van der Waals surface area contributed by atoms with Crippen molar-refractivity contribution >= 4 is 11.6 Å². The molecule has 0 fully saturated rings. The van der Waals surface area contributed by atoms with Crippen LogP contribution >= 0.6 is 11.6 Å². The fourth-order valence-electron chi connectivity index (χ4n) is 2.18. The average Bonchev–Trinajstić information content (AvgIpc) is 2.87. The standard InChI is InChI=1S/C16H20ClNO2/c1-4-7-18-16(12-8-11(2)20-10-12)14-6-5-13(19-3)9-15(14)17/h5-6,8-10,16,18H,4,7H2,1-3H3. The number of nitrogens with one attached hydrogen (secondary N) is 1. The zero-order valence-electron chi connectivity index (χ0n) is 12.1. The van der Waals surface area contributed by atoms with Crippen molar-refractivity contribution in [3.63, 3.8) is 0 Å². The molecule has 20 heavy (non-hydrogen) atoms. The van der Waals surface area contributed by atoms with Gasteiger partial charge in [-0.2, -0.15) is 0 Å². The molecule has 0 spiro atoms. The molecule has 1 atom stereocenters. The monoisotopic (exact) mass is 293 g/mol. The first-order valence-corrected chi connectivity index (χ1v) is 7.15. The van der Waals surface area contributed by atoms with E-state index in [0.29, 0.717) is 5.02 Å². The topological polar surface area (TPSA) is 34.4 Å². The summed E-state index contributed by atoms with van der Waals surface area (Å²) in [5.41, 5.74) is 2.12. The minimum absolute atomic E-state index is 0.0332. The molecule has 0 aliphatic heterocycles. The summed E-state index contributed by atoms with van der Waals surface area (Å²) in [6.07, 6.45) is 2.84. The van der Waals surface area contributed by atoms with Crippen molar-refractivity contribution in [3.05, 3.63) is 52.4 Å². The minimum atomic E-state index is 0.0332. The highest BCUT2D eigenvalue weighted by molar-refractivity contribution is 6.31. The molecule has 0 amide bonds. The first-order valence-electron chi connectivity index (χ1n) is 6.77. The van der Waals surface area contributed by atoms with E-state index < -0.39 is 0 Å². The largest absolute Gasteiger partial charge is 0.497 e. The first kappa shape index (κ1) is 14.9. The third kappa shape index (κ3) is 3.35. The number of rotatable bonds is 6. The van der Waals surface area contributed by atoms with E-state index >= 15 is 0 Å². The van der Waals surface area contributed by atoms with Crippen LogP contribution in [0.25, 0.3) is 0 Å². The number of hydrogen-bond acceptors (Lipinski definition) is 3. The Morgan fingerprint density at radius 2 is 2.15 bits per heavy atom. The number of halogens is 1. The van der Waals surface area contributed by atoms with Gasteiger partial charge in [-0.15, -0.1) is 0 Å². The SMILES string of the molecule is CCCNC(c1coc(C)c1)c1ccc(OC)cc1Cl. The highest BCUT2D eigenvalue weighted by atomic mass is 35.5. The molecule has 0 aliphatic rings. The number of benzene rings is 1. The van der Waals surface area contributed by atoms with Gasteiger partial charge in [0.05, 0.1) is 19.4 Å². The Hall–Kier alpha value is -1.45. The van der Waals surface area contributed by atoms with Gasteiger partial charge in [-0.1, -0.05) is 24.6 Å². The molecule has 0 bridgehead atoms. The second-order valence-corrected chi connectivity index (χ2v) is 5.17. The third-order valence-electron chi connectivity index (χ3n) is 3.20. The van der Waals surface area contributed by atoms with Crippen LogP contribution in [0.4, 0.5) is 0 Å². The fourth-order valence-corrected chi connectivity index (χ4v) is 2.46. The number of furan rings is 1. The summed E-state index contributed by atoms with van der Waals surface area (Å²) < 4.78 is 10.6. The highest BCUT2D eigenvalue weighted by Crippen LogP contribution is 2.32. The van der Waals surface area contributed by atoms with E-state index in [1.807, 2.05) is 31.2 Å². The van der Waals surface area contributed by atoms with Crippen LogP contribution in [-0.2, 0) is 0 Å². The normalized spacial score (nSPS) is 12.4. The number of hydrogen-bond donors (Lipinski definition) is 1. The lowest BCUT2D eigenvalue weighted by Gasteiger charge is -2.19. The maximum Gasteiger partial charge on any atom is 0.120 e. The van der Waals surface area contributed by atoms with E-state index in [1.165, 1.54) is 0 Å². The quantitative estimate of drug-likeness (QED) is 0.860. The average molecular weight is 294 g/mol. The van der Waals surface area contributed by atoms with Crippen LogP contribution in [-0.4, -0.2) is 13.7 Å². The molecule has 0 saturated heterocycles. The Labute approximate surface area is 124 Å². The summed E-state index contributed by atoms with van der Waals surface area (Å²) in [6, 6.07) is 7.83. The smallest absolute Gasteiger partial charge is 0.120 e. The zero-order chi connectivity index (χ0) is 14.5. The van der Waals surface area contributed by atoms with Gasteiger partial charge < -0.3 is 14.5 Å². The molecular weight excluding hydrogens is 274 g/mol. The first-order chi connectivity index (χ1) is 9.65. The van der Waals surface area contributed by atoms with Crippen LogP contribution in [0.5, 0.6) is 5.75 Å². The molecule has 0 radical (unpaired) electrons. The molecule has 1 aromatic heterocycles. The predicted octanol–water partition coefficient (Wildman–Crippen LogP) is 4.34. The van der Waals surface area contributed by atoms with Crippen molar-refractivity contribution in [3.8, 4) is 5.75 Å². The lowest BCUT2D eigenvalue weighted by Crippen LogP contribution is -2.23. The minimum Gasteiger partial charge on any atom is -0.497 e. The van der Waals surface area contributed by atoms with Crippen molar-refractivity contribution in [2.24, 2.45) is 0 Å². The summed E-state index contributed by atoms with van der Waals surface area (Å²) in [7, 11) is 1.64. The zero-order valence-corrected chi connectivity index (χ0v) is 12.8. The fraction of sp³-hybridized carbons (Fsp3) is 0.375. The Bertz CT molecular complexity index is 565. The van der Waals surface area contributed by atoms with Crippen LogP contribution in [0, 0.1) is 6.92 Å². The second-order valence-electron chi connectivity index (χ2n) is 4.77. The van der Waals surface area contributed by atoms with E-state index in [0.717, 1.165) is 35.6 Å². The third-order valence-corrected chi connectivity index (χ3v) is 3.53. The number of ether oxygens (including phenoxy) is 1. The second kappa shape index (κ2) is 6.82. The molecule has 2 rings (SSSR count). The number of aryl methyl sites for hydroxylation is 1. The van der Waals surface area contributed by atoms with Crippen LogP contribution in [0.3, 0.4) is 0 Å². The van der Waals surface area contributed by atoms with Crippen molar-refractivity contribution in [1.82, 2.24) is 5.32 Å². The van der Waals surface area contributed by atoms with Gasteiger partial charge in [0.15, 0.2) is 0 Å². The Kier molecular flexibility index (Phi) is 5.10. The van der Waals surface area contributed by atoms with Crippen LogP contribution in [0.1, 0.15) is 36.3 Å². The lowest BCUT2D eigenvalue weighted by atomic mass is 10.0. The highest BCUT2D eigenvalue weighted by Gasteiger charge is 2.18. The molecule has 0 aliphatic carbocycles. The van der Waals surface area contributed by atoms with Gasteiger partial charge >= 0.3 is 0 Å². The van der Waals surface area contributed by atoms with Crippen LogP contribution < -0.4 is 10.1 Å². The summed E-state index contributed by atoms with van der Waals surface area (Å²) in [5, 5.41) is 4.20. The van der Waals surface area contributed by atoms with Crippen molar-refractivity contribution < 1.29 is 9.15 Å². The lowest BCUT2D eigenvalue weighted by molar-refractivity contribution is 0.414. The maximum atomic E-state index is 6.39. The summed E-state index contributed by atoms with van der Waals surface area (Å²) >= 11 is 6.39. The van der Waals surface area contributed by atoms with Gasteiger partial charge in [0.1, 0.15) is 11.5 Å². The molecule has 108 valence electrons. The van der Waals surface area contributed by atoms with E-state index in [4.69, 9.17) is 20.8 Å². The molecule has 1 heterocycles. The van der Waals surface area contributed by atoms with Gasteiger partial charge in [-0.25, -0.2) is 0 Å². The maximum absolute atomic E-state index is 6.39. The molecule has 1 N–H and O–H groups in total. The summed E-state index contributed by atoms with van der Waals surface area (Å²) in [4.78, 5) is 0. The van der Waals surface area contributed by atoms with E-state index in [-0.39, 0.29) is 6.04 Å². The van der Waals surface area contributed by atoms with Gasteiger partial charge in [-0.05, 0) is 43.7 Å². The molecule has 4 heteroatoms.